The molecule has 1 aliphatic rings. The van der Waals surface area contributed by atoms with Gasteiger partial charge in [-0.15, -0.1) is 0 Å². The van der Waals surface area contributed by atoms with Crippen LogP contribution in [0.5, 0.6) is 0 Å². The van der Waals surface area contributed by atoms with Crippen LogP contribution < -0.4 is 14.9 Å². The molecule has 1 aliphatic heterocycles. The summed E-state index contributed by atoms with van der Waals surface area (Å²) in [7, 11) is 0. The zero-order chi connectivity index (χ0) is 19.9. The van der Waals surface area contributed by atoms with Crippen LogP contribution in [0.15, 0.2) is 64.4 Å². The van der Waals surface area contributed by atoms with Gasteiger partial charge in [0.1, 0.15) is 6.04 Å². The molecule has 0 bridgehead atoms. The van der Waals surface area contributed by atoms with E-state index in [0.717, 1.165) is 33.6 Å². The Labute approximate surface area is 160 Å². The van der Waals surface area contributed by atoms with Gasteiger partial charge < -0.3 is 0 Å². The molecule has 0 spiro atoms. The van der Waals surface area contributed by atoms with Gasteiger partial charge in [-0.2, -0.15) is 13.2 Å². The highest BCUT2D eigenvalue weighted by Crippen LogP contribution is 2.29. The third kappa shape index (κ3) is 3.43. The Morgan fingerprint density at radius 3 is 2.32 bits per heavy atom. The van der Waals surface area contributed by atoms with Crippen molar-refractivity contribution in [3.05, 3.63) is 91.0 Å². The third-order valence-corrected chi connectivity index (χ3v) is 5.37. The van der Waals surface area contributed by atoms with Crippen LogP contribution in [0.25, 0.3) is 6.08 Å². The standard InChI is InChI=1S/C20H13F3N2O2S/c21-20(22,23)14-8-6-13(7-9-14)11-16-18(27)25-17(26)15(24-19(25)28-16)10-12-4-2-1-3-5-12/h1-9,11,15H,10H2/b16-11+/t15-/m0/s1. The van der Waals surface area contributed by atoms with Crippen LogP contribution in [0.3, 0.4) is 0 Å². The van der Waals surface area contributed by atoms with Crippen LogP contribution in [0.2, 0.25) is 0 Å². The second-order valence-electron chi connectivity index (χ2n) is 6.33. The van der Waals surface area contributed by atoms with Gasteiger partial charge in [-0.1, -0.05) is 53.8 Å². The van der Waals surface area contributed by atoms with Crippen LogP contribution in [-0.4, -0.2) is 16.5 Å². The monoisotopic (exact) mass is 402 g/mol. The number of thiazole rings is 1. The summed E-state index contributed by atoms with van der Waals surface area (Å²) in [5, 5.41) is 0. The molecule has 0 aliphatic carbocycles. The van der Waals surface area contributed by atoms with Gasteiger partial charge in [0.15, 0.2) is 4.80 Å². The number of hydrogen-bond donors (Lipinski definition) is 0. The van der Waals surface area contributed by atoms with E-state index in [1.807, 2.05) is 30.3 Å². The Balaban J connectivity index is 1.66. The summed E-state index contributed by atoms with van der Waals surface area (Å²) in [6.45, 7) is 0. The number of alkyl halides is 3. The molecule has 0 fully saturated rings. The van der Waals surface area contributed by atoms with E-state index < -0.39 is 23.3 Å². The fourth-order valence-corrected chi connectivity index (χ4v) is 4.00. The summed E-state index contributed by atoms with van der Waals surface area (Å²) in [6, 6.07) is 13.2. The predicted octanol–water partition coefficient (Wildman–Crippen LogP) is 2.64. The molecule has 0 N–H and O–H groups in total. The number of hydrogen-bond acceptors (Lipinski definition) is 4. The van der Waals surface area contributed by atoms with Crippen LogP contribution in [-0.2, 0) is 12.6 Å². The molecule has 28 heavy (non-hydrogen) atoms. The summed E-state index contributed by atoms with van der Waals surface area (Å²) in [5.41, 5.74) is 0.136. The summed E-state index contributed by atoms with van der Waals surface area (Å²) in [5.74, 6) is -0.382. The minimum Gasteiger partial charge on any atom is -0.271 e. The van der Waals surface area contributed by atoms with Crippen molar-refractivity contribution in [3.63, 3.8) is 0 Å². The molecule has 0 radical (unpaired) electrons. The number of nitrogens with zero attached hydrogens (tertiary/aromatic N) is 2. The number of carbonyl (C=O) groups is 1. The fourth-order valence-electron chi connectivity index (χ4n) is 2.98. The molecule has 0 saturated carbocycles. The maximum absolute atomic E-state index is 12.6. The highest BCUT2D eigenvalue weighted by atomic mass is 32.1. The Morgan fingerprint density at radius 1 is 1.04 bits per heavy atom. The van der Waals surface area contributed by atoms with Crippen molar-refractivity contribution in [1.82, 2.24) is 4.57 Å². The van der Waals surface area contributed by atoms with E-state index in [0.29, 0.717) is 16.8 Å². The Hall–Kier alpha value is -3.00. The van der Waals surface area contributed by atoms with E-state index in [1.165, 1.54) is 18.2 Å². The normalized spacial score (nSPS) is 16.9. The van der Waals surface area contributed by atoms with Gasteiger partial charge in [0.2, 0.25) is 0 Å². The van der Waals surface area contributed by atoms with Crippen molar-refractivity contribution in [3.8, 4) is 0 Å². The van der Waals surface area contributed by atoms with Crippen LogP contribution in [0.4, 0.5) is 13.2 Å². The van der Waals surface area contributed by atoms with Crippen LogP contribution >= 0.6 is 11.3 Å². The summed E-state index contributed by atoms with van der Waals surface area (Å²) in [6.07, 6.45) is -2.54. The number of carbonyl (C=O) groups excluding carboxylic acids is 1. The largest absolute Gasteiger partial charge is 0.416 e. The molecule has 0 unspecified atom stereocenters. The van der Waals surface area contributed by atoms with E-state index in [9.17, 15) is 22.8 Å². The van der Waals surface area contributed by atoms with E-state index in [2.05, 4.69) is 4.99 Å². The van der Waals surface area contributed by atoms with Gasteiger partial charge >= 0.3 is 6.18 Å². The van der Waals surface area contributed by atoms with Crippen molar-refractivity contribution < 1.29 is 18.0 Å². The first-order valence-corrected chi connectivity index (χ1v) is 9.21. The van der Waals surface area contributed by atoms with Gasteiger partial charge in [-0.25, -0.2) is 9.56 Å². The first kappa shape index (κ1) is 18.4. The zero-order valence-electron chi connectivity index (χ0n) is 14.3. The van der Waals surface area contributed by atoms with Gasteiger partial charge in [0.25, 0.3) is 11.5 Å². The Bertz CT molecular complexity index is 1210. The van der Waals surface area contributed by atoms with Gasteiger partial charge in [0, 0.05) is 6.42 Å². The van der Waals surface area contributed by atoms with Gasteiger partial charge in [-0.3, -0.25) is 9.59 Å². The molecule has 2 heterocycles. The molecular weight excluding hydrogens is 389 g/mol. The quantitative estimate of drug-likeness (QED) is 0.676. The first-order valence-electron chi connectivity index (χ1n) is 8.40. The topological polar surface area (TPSA) is 51.4 Å². The third-order valence-electron chi connectivity index (χ3n) is 4.39. The average Bonchev–Trinajstić information content (AvgIpc) is 3.12. The second kappa shape index (κ2) is 6.87. The Morgan fingerprint density at radius 2 is 1.71 bits per heavy atom. The predicted molar refractivity (Wildman–Crippen MR) is 98.9 cm³/mol. The zero-order valence-corrected chi connectivity index (χ0v) is 15.1. The lowest BCUT2D eigenvalue weighted by atomic mass is 10.1. The molecule has 0 amide bonds. The summed E-state index contributed by atoms with van der Waals surface area (Å²) >= 11 is 1.06. The minimum atomic E-state index is -4.42. The van der Waals surface area contributed by atoms with E-state index in [4.69, 9.17) is 0 Å². The number of halogens is 3. The van der Waals surface area contributed by atoms with E-state index >= 15 is 0 Å². The first-order chi connectivity index (χ1) is 13.3. The number of rotatable bonds is 3. The van der Waals surface area contributed by atoms with Gasteiger partial charge in [0.05, 0.1) is 10.1 Å². The van der Waals surface area contributed by atoms with Crippen molar-refractivity contribution in [2.24, 2.45) is 4.99 Å². The average molecular weight is 402 g/mol. The number of aromatic nitrogens is 1. The molecule has 0 saturated heterocycles. The molecule has 1 atom stereocenters. The minimum absolute atomic E-state index is 0.255. The van der Waals surface area contributed by atoms with Gasteiger partial charge in [-0.05, 0) is 29.3 Å². The fraction of sp³-hybridized carbons (Fsp3) is 0.150. The molecular formula is C20H13F3N2O2S. The molecule has 3 aromatic rings. The Kier molecular flexibility index (Phi) is 4.50. The smallest absolute Gasteiger partial charge is 0.271 e. The lowest BCUT2D eigenvalue weighted by molar-refractivity contribution is -0.137. The maximum Gasteiger partial charge on any atom is 0.416 e. The van der Waals surface area contributed by atoms with Crippen LogP contribution in [0.1, 0.15) is 21.5 Å². The molecule has 4 nitrogen and oxygen atoms in total. The van der Waals surface area contributed by atoms with Crippen molar-refractivity contribution in [2.75, 3.05) is 0 Å². The number of fused-ring (bicyclic) bond motifs is 1. The van der Waals surface area contributed by atoms with E-state index in [-0.39, 0.29) is 10.4 Å². The van der Waals surface area contributed by atoms with Crippen LogP contribution in [0, 0.1) is 0 Å². The lowest BCUT2D eigenvalue weighted by Gasteiger charge is -2.05. The van der Waals surface area contributed by atoms with Crippen molar-refractivity contribution in [2.45, 2.75) is 18.6 Å². The number of benzene rings is 2. The maximum atomic E-state index is 12.6. The highest BCUT2D eigenvalue weighted by molar-refractivity contribution is 7.07. The lowest BCUT2D eigenvalue weighted by Crippen LogP contribution is -2.36. The van der Waals surface area contributed by atoms with Crippen molar-refractivity contribution in [1.29, 1.82) is 0 Å². The summed E-state index contributed by atoms with van der Waals surface area (Å²) < 4.78 is 39.2. The molecule has 8 heteroatoms. The van der Waals surface area contributed by atoms with E-state index in [1.54, 1.807) is 0 Å². The molecule has 1 aromatic heterocycles. The SMILES string of the molecule is O=C1[C@H](Cc2ccccc2)N=c2s/c(=C/c3ccc(C(F)(F)F)cc3)c(=O)n21. The molecule has 2 aromatic carbocycles. The highest BCUT2D eigenvalue weighted by Gasteiger charge is 2.30. The summed E-state index contributed by atoms with van der Waals surface area (Å²) in [4.78, 5) is 29.8. The van der Waals surface area contributed by atoms with Crippen molar-refractivity contribution >= 4 is 23.3 Å². The molecule has 4 rings (SSSR count). The molecule has 142 valence electrons. The second-order valence-corrected chi connectivity index (χ2v) is 7.34.